The molecule has 0 aromatic rings. The lowest BCUT2D eigenvalue weighted by Crippen LogP contribution is -2.59. The average Bonchev–Trinajstić information content (AvgIpc) is 3.07. The van der Waals surface area contributed by atoms with Gasteiger partial charge in [-0.15, -0.1) is 0 Å². The highest BCUT2D eigenvalue weighted by molar-refractivity contribution is 5.98. The van der Waals surface area contributed by atoms with Crippen molar-refractivity contribution in [2.24, 2.45) is 5.73 Å². The number of nitrogens with zero attached hydrogens (tertiary/aromatic N) is 1. The van der Waals surface area contributed by atoms with E-state index < -0.39 is 138 Å². The van der Waals surface area contributed by atoms with Crippen LogP contribution >= 0.6 is 0 Å². The van der Waals surface area contributed by atoms with Crippen molar-refractivity contribution in [2.75, 3.05) is 26.7 Å². The molecular weight excluding hydrogens is 808 g/mol. The molecule has 23 nitrogen and oxygen atoms in total. The normalized spacial score (nSPS) is 14.5. The average molecular weight is 875 g/mol. The third-order valence-corrected chi connectivity index (χ3v) is 7.58. The zero-order chi connectivity index (χ0) is 47.6. The molecule has 0 aliphatic rings. The molecular formula is C38H66N8O15. The summed E-state index contributed by atoms with van der Waals surface area (Å²) < 4.78 is 15.8. The van der Waals surface area contributed by atoms with Gasteiger partial charge in [-0.3, -0.25) is 38.4 Å². The summed E-state index contributed by atoms with van der Waals surface area (Å²) in [6, 6.07) is -7.92. The van der Waals surface area contributed by atoms with Crippen LogP contribution in [0.5, 0.6) is 0 Å². The number of rotatable bonds is 22. The van der Waals surface area contributed by atoms with Crippen LogP contribution in [0.1, 0.15) is 102 Å². The predicted octanol–water partition coefficient (Wildman–Crippen LogP) is -1.92. The standard InChI is InChI=1S/C38H66N8O15/c1-20(41-31(53)23(42-25(48)18-39)16-27(50)59-36(3,4)5)30(52)44-24(17-28(51)60-37(6,7)8)32(54)43-22(14-13-15-40-35(58)61-38(9,10)11)33(55)46(12)19-26(49)45-29(21(2)47)34(56)57/h20-24,29,47H,13-19,39H2,1-12H3,(H,40,58)(H,41,53)(H,42,48)(H,43,54)(H,44,52)(H,45,49)(H,56,57)/t20-,21-,22+,23+,24+,29+/m1/s1. The van der Waals surface area contributed by atoms with Crippen LogP contribution in [0, 0.1) is 0 Å². The van der Waals surface area contributed by atoms with Gasteiger partial charge in [-0.25, -0.2) is 9.59 Å². The molecule has 0 unspecified atom stereocenters. The molecule has 348 valence electrons. The number of hydrogen-bond donors (Lipinski definition) is 9. The first kappa shape index (κ1) is 55.4. The van der Waals surface area contributed by atoms with Gasteiger partial charge in [0, 0.05) is 13.6 Å². The zero-order valence-corrected chi connectivity index (χ0v) is 37.1. The zero-order valence-electron chi connectivity index (χ0n) is 37.1. The van der Waals surface area contributed by atoms with Gasteiger partial charge in [-0.1, -0.05) is 0 Å². The van der Waals surface area contributed by atoms with Gasteiger partial charge in [0.05, 0.1) is 32.0 Å². The highest BCUT2D eigenvalue weighted by Gasteiger charge is 2.35. The predicted molar refractivity (Wildman–Crippen MR) is 216 cm³/mol. The quantitative estimate of drug-likeness (QED) is 0.0325. The summed E-state index contributed by atoms with van der Waals surface area (Å²) in [6.45, 7) is 15.4. The number of carbonyl (C=O) groups excluding carboxylic acids is 9. The first-order valence-electron chi connectivity index (χ1n) is 19.5. The smallest absolute Gasteiger partial charge is 0.407 e. The van der Waals surface area contributed by atoms with Crippen molar-refractivity contribution in [2.45, 2.75) is 155 Å². The molecule has 0 rings (SSSR count). The number of aliphatic carboxylic acids is 1. The second-order valence-electron chi connectivity index (χ2n) is 17.1. The Morgan fingerprint density at radius 2 is 1.10 bits per heavy atom. The van der Waals surface area contributed by atoms with Gasteiger partial charge in [-0.05, 0) is 89.0 Å². The van der Waals surface area contributed by atoms with Gasteiger partial charge >= 0.3 is 24.0 Å². The van der Waals surface area contributed by atoms with E-state index >= 15 is 0 Å². The number of nitrogens with two attached hydrogens (primary N) is 1. The van der Waals surface area contributed by atoms with Crippen LogP contribution in [0.2, 0.25) is 0 Å². The minimum atomic E-state index is -1.75. The minimum absolute atomic E-state index is 0.0381. The number of amides is 7. The summed E-state index contributed by atoms with van der Waals surface area (Å²) in [6.07, 6.45) is -3.82. The maximum absolute atomic E-state index is 13.9. The van der Waals surface area contributed by atoms with E-state index in [-0.39, 0.29) is 19.4 Å². The molecule has 0 fully saturated rings. The summed E-state index contributed by atoms with van der Waals surface area (Å²) in [5.41, 5.74) is 2.59. The number of carboxylic acid groups (broad SMARTS) is 1. The highest BCUT2D eigenvalue weighted by Crippen LogP contribution is 2.13. The summed E-state index contributed by atoms with van der Waals surface area (Å²) in [4.78, 5) is 129. The lowest BCUT2D eigenvalue weighted by Gasteiger charge is -2.28. The second kappa shape index (κ2) is 24.6. The largest absolute Gasteiger partial charge is 0.480 e. The van der Waals surface area contributed by atoms with Crippen molar-refractivity contribution in [3.8, 4) is 0 Å². The third kappa shape index (κ3) is 24.3. The molecule has 0 heterocycles. The van der Waals surface area contributed by atoms with Gasteiger partial charge in [0.2, 0.25) is 35.4 Å². The summed E-state index contributed by atoms with van der Waals surface area (Å²) in [7, 11) is 1.18. The van der Waals surface area contributed by atoms with E-state index in [0.717, 1.165) is 11.8 Å². The Hall–Kier alpha value is -5.58. The first-order valence-corrected chi connectivity index (χ1v) is 19.5. The molecule has 0 bridgehead atoms. The summed E-state index contributed by atoms with van der Waals surface area (Å²) >= 11 is 0. The maximum atomic E-state index is 13.9. The molecule has 0 aromatic heterocycles. The number of ether oxygens (including phenoxy) is 3. The number of aliphatic hydroxyl groups is 1. The second-order valence-corrected chi connectivity index (χ2v) is 17.1. The van der Waals surface area contributed by atoms with Gasteiger partial charge in [0.15, 0.2) is 6.04 Å². The van der Waals surface area contributed by atoms with Crippen molar-refractivity contribution in [1.29, 1.82) is 0 Å². The molecule has 0 spiro atoms. The van der Waals surface area contributed by atoms with E-state index in [2.05, 4.69) is 31.9 Å². The fourth-order valence-electron chi connectivity index (χ4n) is 4.96. The van der Waals surface area contributed by atoms with E-state index in [1.165, 1.54) is 14.0 Å². The number of carbonyl (C=O) groups is 10. The first-order chi connectivity index (χ1) is 27.7. The molecule has 0 radical (unpaired) electrons. The Bertz CT molecular complexity index is 1580. The lowest BCUT2D eigenvalue weighted by atomic mass is 10.1. The van der Waals surface area contributed by atoms with Gasteiger partial charge in [-0.2, -0.15) is 0 Å². The number of likely N-dealkylation sites (N-methyl/N-ethyl adjacent to an activating group) is 1. The Kier molecular flexibility index (Phi) is 22.4. The molecule has 0 aromatic carbocycles. The third-order valence-electron chi connectivity index (χ3n) is 7.58. The van der Waals surface area contributed by atoms with Crippen LogP contribution in [-0.2, 0) is 57.4 Å². The van der Waals surface area contributed by atoms with Crippen molar-refractivity contribution >= 4 is 59.4 Å². The van der Waals surface area contributed by atoms with Crippen LogP contribution in [0.15, 0.2) is 0 Å². The van der Waals surface area contributed by atoms with E-state index in [1.54, 1.807) is 62.3 Å². The maximum Gasteiger partial charge on any atom is 0.407 e. The van der Waals surface area contributed by atoms with E-state index in [1.807, 2.05) is 0 Å². The Labute approximate surface area is 355 Å². The Morgan fingerprint density at radius 1 is 0.639 bits per heavy atom. The van der Waals surface area contributed by atoms with Crippen molar-refractivity contribution in [3.05, 3.63) is 0 Å². The monoisotopic (exact) mass is 874 g/mol. The number of aliphatic hydroxyl groups excluding tert-OH is 1. The molecule has 6 atom stereocenters. The van der Waals surface area contributed by atoms with Gasteiger partial charge in [0.1, 0.15) is 41.0 Å². The topological polar surface area (TPSA) is 340 Å². The van der Waals surface area contributed by atoms with Crippen molar-refractivity contribution < 1.29 is 72.4 Å². The van der Waals surface area contributed by atoms with Crippen molar-refractivity contribution in [1.82, 2.24) is 36.8 Å². The van der Waals surface area contributed by atoms with Gasteiger partial charge in [0.25, 0.3) is 0 Å². The Balaban J connectivity index is 6.49. The minimum Gasteiger partial charge on any atom is -0.480 e. The van der Waals surface area contributed by atoms with Gasteiger partial charge < -0.3 is 67.0 Å². The molecule has 10 N–H and O–H groups in total. The fourth-order valence-corrected chi connectivity index (χ4v) is 4.96. The van der Waals surface area contributed by atoms with E-state index in [0.29, 0.717) is 0 Å². The number of alkyl carbamates (subject to hydrolysis) is 1. The van der Waals surface area contributed by atoms with Crippen molar-refractivity contribution in [3.63, 3.8) is 0 Å². The molecule has 61 heavy (non-hydrogen) atoms. The number of esters is 2. The summed E-state index contributed by atoms with van der Waals surface area (Å²) in [5, 5.41) is 33.1. The molecule has 0 aliphatic heterocycles. The van der Waals surface area contributed by atoms with Crippen LogP contribution < -0.4 is 37.6 Å². The van der Waals surface area contributed by atoms with Crippen LogP contribution in [0.4, 0.5) is 4.79 Å². The molecule has 23 heteroatoms. The summed E-state index contributed by atoms with van der Waals surface area (Å²) in [5.74, 6) is -9.10. The number of carboxylic acids is 1. The molecule has 0 aliphatic carbocycles. The molecule has 0 saturated carbocycles. The lowest BCUT2D eigenvalue weighted by molar-refractivity contribution is -0.157. The molecule has 7 amide bonds. The van der Waals surface area contributed by atoms with Crippen LogP contribution in [0.3, 0.4) is 0 Å². The van der Waals surface area contributed by atoms with Crippen LogP contribution in [0.25, 0.3) is 0 Å². The number of nitrogens with one attached hydrogen (secondary N) is 6. The Morgan fingerprint density at radius 3 is 1.54 bits per heavy atom. The highest BCUT2D eigenvalue weighted by atomic mass is 16.6. The molecule has 0 saturated heterocycles. The number of hydrogen-bond acceptors (Lipinski definition) is 15. The van der Waals surface area contributed by atoms with E-state index in [4.69, 9.17) is 19.9 Å². The van der Waals surface area contributed by atoms with E-state index in [9.17, 15) is 58.2 Å². The SMILES string of the molecule is C[C@@H](NC(=O)[C@H](CC(=O)OC(C)(C)C)NC(=O)CN)C(=O)N[C@@H](CC(=O)OC(C)(C)C)C(=O)N[C@@H](CCCNC(=O)OC(C)(C)C)C(=O)N(C)CC(=O)N[C@H](C(=O)O)[C@@H](C)O. The fraction of sp³-hybridized carbons (Fsp3) is 0.737. The van der Waals surface area contributed by atoms with Crippen LogP contribution in [-0.4, -0.2) is 154 Å².